The second-order valence-electron chi connectivity index (χ2n) is 10.3. The molecule has 3 rings (SSSR count). The number of carbonyl (C=O) groups excluding carboxylic acids is 4. The van der Waals surface area contributed by atoms with E-state index in [-0.39, 0.29) is 37.6 Å². The average Bonchev–Trinajstić information content (AvgIpc) is 3.00. The van der Waals surface area contributed by atoms with Crippen molar-refractivity contribution >= 4 is 46.2 Å². The zero-order valence-electron chi connectivity index (χ0n) is 24.5. The number of amides is 4. The number of hydrogen-bond donors (Lipinski definition) is 8. The van der Waals surface area contributed by atoms with Gasteiger partial charge in [-0.3, -0.25) is 29.6 Å². The summed E-state index contributed by atoms with van der Waals surface area (Å²) in [5, 5.41) is 17.4. The fourth-order valence-electron chi connectivity index (χ4n) is 4.68. The monoisotopic (exact) mass is 601 g/mol. The summed E-state index contributed by atoms with van der Waals surface area (Å²) < 4.78 is 0. The lowest BCUT2D eigenvalue weighted by atomic mass is 9.95. The van der Waals surface area contributed by atoms with E-state index in [0.29, 0.717) is 17.5 Å². The quantitative estimate of drug-likeness (QED) is 0.0503. The van der Waals surface area contributed by atoms with Crippen LogP contribution in [0.15, 0.2) is 71.7 Å². The number of nitrogens with one attached hydrogen (secondary N) is 4. The molecule has 0 heterocycles. The molecule has 0 bridgehead atoms. The van der Waals surface area contributed by atoms with Crippen molar-refractivity contribution in [2.75, 3.05) is 13.6 Å². The van der Waals surface area contributed by atoms with Gasteiger partial charge in [-0.1, -0.05) is 66.7 Å². The van der Waals surface area contributed by atoms with Gasteiger partial charge in [0.2, 0.25) is 23.6 Å². The van der Waals surface area contributed by atoms with Gasteiger partial charge in [0.05, 0.1) is 0 Å². The smallest absolute Gasteiger partial charge is 0.243 e. The Labute approximate surface area is 255 Å². The highest BCUT2D eigenvalue weighted by Gasteiger charge is 2.32. The van der Waals surface area contributed by atoms with Crippen LogP contribution in [0.5, 0.6) is 0 Å². The van der Waals surface area contributed by atoms with Crippen molar-refractivity contribution in [2.45, 2.75) is 37.8 Å². The molecule has 0 spiro atoms. The molecule has 3 aromatic rings. The molecule has 0 saturated carbocycles. The van der Waals surface area contributed by atoms with Gasteiger partial charge in [-0.25, -0.2) is 0 Å². The highest BCUT2D eigenvalue weighted by atomic mass is 16.2. The number of amidine groups is 1. The van der Waals surface area contributed by atoms with Gasteiger partial charge in [-0.05, 0) is 41.2 Å². The molecule has 0 aromatic heterocycles. The van der Waals surface area contributed by atoms with Gasteiger partial charge < -0.3 is 38.9 Å². The van der Waals surface area contributed by atoms with E-state index in [0.717, 1.165) is 16.3 Å². The summed E-state index contributed by atoms with van der Waals surface area (Å²) in [6.45, 7) is 0.237. The molecule has 13 nitrogen and oxygen atoms in total. The molecule has 232 valence electrons. The van der Waals surface area contributed by atoms with Crippen molar-refractivity contribution in [1.82, 2.24) is 16.0 Å². The number of benzene rings is 3. The lowest BCUT2D eigenvalue weighted by Crippen LogP contribution is -2.55. The molecule has 3 aromatic carbocycles. The van der Waals surface area contributed by atoms with Crippen molar-refractivity contribution in [3.63, 3.8) is 0 Å². The molecule has 12 N–H and O–H groups in total. The maximum atomic E-state index is 13.6. The first-order chi connectivity index (χ1) is 21.0. The molecule has 4 amide bonds. The van der Waals surface area contributed by atoms with Crippen LogP contribution in [-0.4, -0.2) is 61.1 Å². The highest BCUT2D eigenvalue weighted by Crippen LogP contribution is 2.18. The van der Waals surface area contributed by atoms with Crippen LogP contribution in [0.4, 0.5) is 0 Å². The molecule has 0 radical (unpaired) electrons. The largest absolute Gasteiger partial charge is 0.384 e. The summed E-state index contributed by atoms with van der Waals surface area (Å²) in [7, 11) is 1.42. The van der Waals surface area contributed by atoms with E-state index < -0.39 is 41.6 Å². The van der Waals surface area contributed by atoms with E-state index in [1.165, 1.54) is 7.05 Å². The number of nitrogens with zero attached hydrogens (tertiary/aromatic N) is 1. The van der Waals surface area contributed by atoms with Crippen LogP contribution in [0.3, 0.4) is 0 Å². The maximum absolute atomic E-state index is 13.6. The number of guanidine groups is 1. The van der Waals surface area contributed by atoms with E-state index in [1.807, 2.05) is 42.5 Å². The lowest BCUT2D eigenvalue weighted by Gasteiger charge is -2.24. The van der Waals surface area contributed by atoms with Crippen molar-refractivity contribution in [3.05, 3.63) is 83.4 Å². The molecule has 3 atom stereocenters. The Morgan fingerprint density at radius 3 is 2.02 bits per heavy atom. The van der Waals surface area contributed by atoms with Crippen molar-refractivity contribution in [2.24, 2.45) is 33.8 Å². The van der Waals surface area contributed by atoms with Gasteiger partial charge in [0.1, 0.15) is 23.8 Å². The SMILES string of the molecule is CNC(=O)C(Cc1ccc(C(=N)N)cc1)C(=O)N[C@@H](Cc1ccc2ccccc2c1)C(=O)N[C@@H](CCCN=C(N)N)C(N)=O. The third kappa shape index (κ3) is 9.54. The van der Waals surface area contributed by atoms with Gasteiger partial charge in [-0.2, -0.15) is 0 Å². The third-order valence-corrected chi connectivity index (χ3v) is 7.08. The Kier molecular flexibility index (Phi) is 11.8. The molecule has 0 aliphatic rings. The van der Waals surface area contributed by atoms with E-state index in [2.05, 4.69) is 20.9 Å². The Hall–Kier alpha value is -5.46. The molecule has 13 heteroatoms. The summed E-state index contributed by atoms with van der Waals surface area (Å²) in [4.78, 5) is 56.1. The molecule has 0 aliphatic heterocycles. The predicted molar refractivity (Wildman–Crippen MR) is 169 cm³/mol. The van der Waals surface area contributed by atoms with Gasteiger partial charge in [0.25, 0.3) is 0 Å². The van der Waals surface area contributed by atoms with Gasteiger partial charge in [-0.15, -0.1) is 0 Å². The topological polar surface area (TPSA) is 245 Å². The van der Waals surface area contributed by atoms with Crippen LogP contribution in [0.2, 0.25) is 0 Å². The second kappa shape index (κ2) is 15.7. The minimum Gasteiger partial charge on any atom is -0.384 e. The Bertz CT molecular complexity index is 1530. The van der Waals surface area contributed by atoms with Gasteiger partial charge in [0.15, 0.2) is 5.96 Å². The van der Waals surface area contributed by atoms with Crippen LogP contribution in [0, 0.1) is 11.3 Å². The minimum atomic E-state index is -1.18. The van der Waals surface area contributed by atoms with Gasteiger partial charge in [0, 0.05) is 25.6 Å². The number of nitrogen functional groups attached to an aromatic ring is 1. The first-order valence-corrected chi connectivity index (χ1v) is 14.1. The van der Waals surface area contributed by atoms with E-state index in [9.17, 15) is 19.2 Å². The molecule has 0 saturated heterocycles. The zero-order valence-corrected chi connectivity index (χ0v) is 24.5. The van der Waals surface area contributed by atoms with Crippen molar-refractivity contribution < 1.29 is 19.2 Å². The van der Waals surface area contributed by atoms with Crippen LogP contribution >= 0.6 is 0 Å². The first kappa shape index (κ1) is 33.0. The number of nitrogens with two attached hydrogens (primary N) is 4. The molecule has 44 heavy (non-hydrogen) atoms. The van der Waals surface area contributed by atoms with Crippen LogP contribution in [0.25, 0.3) is 10.8 Å². The van der Waals surface area contributed by atoms with E-state index in [4.69, 9.17) is 28.3 Å². The van der Waals surface area contributed by atoms with E-state index >= 15 is 0 Å². The molecular weight excluding hydrogens is 562 g/mol. The minimum absolute atomic E-state index is 0.0305. The number of rotatable bonds is 15. The molecule has 0 aliphatic carbocycles. The number of carbonyl (C=O) groups is 4. The number of aliphatic imine (C=N–C) groups is 1. The summed E-state index contributed by atoms with van der Waals surface area (Å²) in [6.07, 6.45) is 0.651. The number of hydrogen-bond acceptors (Lipinski definition) is 6. The third-order valence-electron chi connectivity index (χ3n) is 7.08. The van der Waals surface area contributed by atoms with E-state index in [1.54, 1.807) is 24.3 Å². The zero-order chi connectivity index (χ0) is 32.2. The van der Waals surface area contributed by atoms with Crippen molar-refractivity contribution in [1.29, 1.82) is 5.41 Å². The second-order valence-corrected chi connectivity index (χ2v) is 10.3. The van der Waals surface area contributed by atoms with Crippen LogP contribution < -0.4 is 38.9 Å². The summed E-state index contributed by atoms with van der Waals surface area (Å²) >= 11 is 0. The molecule has 0 fully saturated rings. The summed E-state index contributed by atoms with van der Waals surface area (Å²) in [5.74, 6) is -3.99. The molecular formula is C31H39N9O4. The molecule has 1 unspecified atom stereocenters. The maximum Gasteiger partial charge on any atom is 0.243 e. The Morgan fingerprint density at radius 1 is 0.773 bits per heavy atom. The van der Waals surface area contributed by atoms with Crippen LogP contribution in [-0.2, 0) is 32.0 Å². The Balaban J connectivity index is 1.86. The average molecular weight is 602 g/mol. The lowest BCUT2D eigenvalue weighted by molar-refractivity contribution is -0.137. The normalized spacial score (nSPS) is 12.8. The van der Waals surface area contributed by atoms with Crippen molar-refractivity contribution in [3.8, 4) is 0 Å². The number of fused-ring (bicyclic) bond motifs is 1. The fourth-order valence-corrected chi connectivity index (χ4v) is 4.68. The fraction of sp³-hybridized carbons (Fsp3) is 0.290. The summed E-state index contributed by atoms with van der Waals surface area (Å²) in [6, 6.07) is 17.8. The standard InChI is InChI=1S/C31H39N9O4/c1-37-28(42)23(16-18-8-12-21(13-9-18)26(32)33)29(43)40-25(17-19-10-11-20-5-2-3-6-22(20)15-19)30(44)39-24(27(34)41)7-4-14-38-31(35)36/h2-3,5-6,8-13,15,23-25H,4,7,14,16-17H2,1H3,(H3,32,33)(H2,34,41)(H,37,42)(H,39,44)(H,40,43)(H4,35,36,38)/t23?,24-,25-/m0/s1. The van der Waals surface area contributed by atoms with Crippen LogP contribution in [0.1, 0.15) is 29.5 Å². The number of primary amides is 1. The first-order valence-electron chi connectivity index (χ1n) is 14.1. The summed E-state index contributed by atoms with van der Waals surface area (Å²) in [5.41, 5.74) is 23.7. The van der Waals surface area contributed by atoms with Gasteiger partial charge >= 0.3 is 0 Å². The predicted octanol–water partition coefficient (Wildman–Crippen LogP) is -0.220. The highest BCUT2D eigenvalue weighted by molar-refractivity contribution is 6.02. The Morgan fingerprint density at radius 2 is 1.41 bits per heavy atom.